The van der Waals surface area contributed by atoms with E-state index in [1.165, 1.54) is 173 Å². The normalized spacial score (nSPS) is 11.5. The Bertz CT molecular complexity index is 295. The van der Waals surface area contributed by atoms with Gasteiger partial charge in [0, 0.05) is 13.2 Å². The summed E-state index contributed by atoms with van der Waals surface area (Å²) < 4.78 is 5.85. The molecule has 0 saturated heterocycles. The van der Waals surface area contributed by atoms with Crippen LogP contribution >= 0.6 is 0 Å². The van der Waals surface area contributed by atoms with Crippen molar-refractivity contribution in [1.82, 2.24) is 0 Å². The zero-order chi connectivity index (χ0) is 24.6. The molecule has 0 unspecified atom stereocenters. The fraction of sp³-hybridized carbons (Fsp3) is 0.939. The van der Waals surface area contributed by atoms with Crippen molar-refractivity contribution in [3.8, 4) is 0 Å². The Hall–Kier alpha value is -0.0400. The molecule has 0 aliphatic heterocycles. The van der Waals surface area contributed by atoms with Gasteiger partial charge in [-0.1, -0.05) is 187 Å². The van der Waals surface area contributed by atoms with Crippen LogP contribution in [0.1, 0.15) is 186 Å². The summed E-state index contributed by atoms with van der Waals surface area (Å²) in [5.74, 6) is 0. The van der Waals surface area contributed by atoms with Crippen LogP contribution in [-0.4, -0.2) is 13.2 Å². The Morgan fingerprint density at radius 3 is 0.618 bits per heavy atom. The molecule has 0 aromatic rings. The summed E-state index contributed by atoms with van der Waals surface area (Å²) in [4.78, 5) is 0. The van der Waals surface area contributed by atoms with Crippen LogP contribution in [0.5, 0.6) is 0 Å². The molecule has 0 atom stereocenters. The van der Waals surface area contributed by atoms with Crippen molar-refractivity contribution >= 4 is 0 Å². The third kappa shape index (κ3) is 32.0. The zero-order valence-corrected chi connectivity index (χ0v) is 23.7. The minimum absolute atomic E-state index is 0.990. The van der Waals surface area contributed by atoms with Gasteiger partial charge in [0.2, 0.25) is 0 Å². The van der Waals surface area contributed by atoms with Gasteiger partial charge in [-0.3, -0.25) is 0 Å². The lowest BCUT2D eigenvalue weighted by molar-refractivity contribution is 0.125. The van der Waals surface area contributed by atoms with Gasteiger partial charge in [-0.15, -0.1) is 0 Å². The Balaban J connectivity index is 2.99. The highest BCUT2D eigenvalue weighted by Gasteiger charge is 1.96. The first kappa shape index (κ1) is 34.0. The van der Waals surface area contributed by atoms with Crippen molar-refractivity contribution < 1.29 is 4.74 Å². The van der Waals surface area contributed by atoms with Crippen molar-refractivity contribution in [2.24, 2.45) is 0 Å². The molecule has 0 fully saturated rings. The van der Waals surface area contributed by atoms with Crippen LogP contribution < -0.4 is 0 Å². The number of hydrogen-bond acceptors (Lipinski definition) is 1. The lowest BCUT2D eigenvalue weighted by Gasteiger charge is -2.05. The van der Waals surface area contributed by atoms with Gasteiger partial charge in [0.05, 0.1) is 0 Å². The average molecular weight is 479 g/mol. The second-order valence-corrected chi connectivity index (χ2v) is 10.9. The predicted octanol–water partition coefficient (Wildman–Crippen LogP) is 12.0. The minimum atomic E-state index is 0.990. The quantitative estimate of drug-likeness (QED) is 0.0900. The van der Waals surface area contributed by atoms with Gasteiger partial charge in [-0.2, -0.15) is 0 Å². The average Bonchev–Trinajstić information content (AvgIpc) is 2.85. The van der Waals surface area contributed by atoms with Crippen molar-refractivity contribution in [3.05, 3.63) is 13.8 Å². The summed E-state index contributed by atoms with van der Waals surface area (Å²) in [6.45, 7) is 9.81. The van der Waals surface area contributed by atoms with Crippen LogP contribution in [0, 0.1) is 13.8 Å². The molecule has 0 N–H and O–H groups in total. The lowest BCUT2D eigenvalue weighted by atomic mass is 10.0. The predicted molar refractivity (Wildman–Crippen MR) is 155 cm³/mol. The first-order valence-corrected chi connectivity index (χ1v) is 16.1. The highest BCUT2D eigenvalue weighted by atomic mass is 16.5. The van der Waals surface area contributed by atoms with Crippen molar-refractivity contribution in [2.75, 3.05) is 13.2 Å². The van der Waals surface area contributed by atoms with Gasteiger partial charge < -0.3 is 4.74 Å². The van der Waals surface area contributed by atoms with Crippen molar-refractivity contribution in [3.63, 3.8) is 0 Å². The third-order valence-corrected chi connectivity index (χ3v) is 7.33. The minimum Gasteiger partial charge on any atom is -0.381 e. The summed E-state index contributed by atoms with van der Waals surface area (Å²) in [5, 5.41) is 0. The van der Waals surface area contributed by atoms with E-state index in [0.29, 0.717) is 0 Å². The number of hydrogen-bond donors (Lipinski definition) is 0. The maximum Gasteiger partial charge on any atom is 0.0466 e. The van der Waals surface area contributed by atoms with Crippen LogP contribution in [0.3, 0.4) is 0 Å². The monoisotopic (exact) mass is 479 g/mol. The van der Waals surface area contributed by atoms with E-state index >= 15 is 0 Å². The molecule has 0 aromatic carbocycles. The third-order valence-electron chi connectivity index (χ3n) is 7.33. The highest BCUT2D eigenvalue weighted by molar-refractivity contribution is 4.52. The molecule has 0 aliphatic rings. The van der Waals surface area contributed by atoms with Gasteiger partial charge >= 0.3 is 0 Å². The Morgan fingerprint density at radius 2 is 0.412 bits per heavy atom. The second kappa shape index (κ2) is 33.0. The maximum absolute atomic E-state index is 5.85. The van der Waals surface area contributed by atoms with E-state index in [0.717, 1.165) is 26.1 Å². The summed E-state index contributed by atoms with van der Waals surface area (Å²) in [5.41, 5.74) is 0. The first-order chi connectivity index (χ1) is 16.9. The van der Waals surface area contributed by atoms with E-state index in [2.05, 4.69) is 13.8 Å². The van der Waals surface area contributed by atoms with Crippen molar-refractivity contribution in [1.29, 1.82) is 0 Å². The molecule has 0 amide bonds. The molecule has 34 heavy (non-hydrogen) atoms. The molecular weight excluding hydrogens is 412 g/mol. The molecule has 0 bridgehead atoms. The molecule has 0 saturated carbocycles. The molecule has 1 heteroatoms. The number of rotatable bonds is 31. The molecule has 204 valence electrons. The largest absolute Gasteiger partial charge is 0.381 e. The van der Waals surface area contributed by atoms with Crippen LogP contribution in [0.15, 0.2) is 0 Å². The number of unbranched alkanes of at least 4 members (excludes halogenated alkanes) is 27. The Labute approximate surface area is 218 Å². The maximum atomic E-state index is 5.85. The Kier molecular flexibility index (Phi) is 32.9. The van der Waals surface area contributed by atoms with E-state index in [-0.39, 0.29) is 0 Å². The summed E-state index contributed by atoms with van der Waals surface area (Å²) in [7, 11) is 0. The molecule has 0 spiro atoms. The van der Waals surface area contributed by atoms with E-state index in [4.69, 9.17) is 4.74 Å². The number of ether oxygens (including phenoxy) is 1. The molecule has 2 radical (unpaired) electrons. The Morgan fingerprint density at radius 1 is 0.235 bits per heavy atom. The van der Waals surface area contributed by atoms with Gasteiger partial charge in [0.25, 0.3) is 0 Å². The molecule has 0 rings (SSSR count). The van der Waals surface area contributed by atoms with Crippen molar-refractivity contribution in [2.45, 2.75) is 186 Å². The summed E-state index contributed by atoms with van der Waals surface area (Å²) in [6, 6.07) is 0. The summed E-state index contributed by atoms with van der Waals surface area (Å²) in [6.07, 6.45) is 40.3. The molecular formula is C33H66O. The molecule has 1 nitrogen and oxygen atoms in total. The SMILES string of the molecule is [CH2]CCCCCCCCCCCCCCCCOCCCCCCCCCCCCCCC[CH2]. The van der Waals surface area contributed by atoms with Gasteiger partial charge in [-0.05, 0) is 12.8 Å². The van der Waals surface area contributed by atoms with Crippen LogP contribution in [-0.2, 0) is 4.74 Å². The van der Waals surface area contributed by atoms with E-state index in [1.807, 2.05) is 0 Å². The highest BCUT2D eigenvalue weighted by Crippen LogP contribution is 2.14. The van der Waals surface area contributed by atoms with Crippen LogP contribution in [0.4, 0.5) is 0 Å². The standard InChI is InChI=1S/C33H66O/c1-3-5-7-9-11-13-15-17-19-21-23-25-27-29-31-33-34-32-30-28-26-24-22-20-18-16-14-12-10-8-6-4-2/h1-33H2. The van der Waals surface area contributed by atoms with E-state index in [1.54, 1.807) is 0 Å². The van der Waals surface area contributed by atoms with E-state index in [9.17, 15) is 0 Å². The summed E-state index contributed by atoms with van der Waals surface area (Å²) >= 11 is 0. The van der Waals surface area contributed by atoms with Gasteiger partial charge in [-0.25, -0.2) is 0 Å². The smallest absolute Gasteiger partial charge is 0.0466 e. The van der Waals surface area contributed by atoms with Gasteiger partial charge in [0.1, 0.15) is 0 Å². The van der Waals surface area contributed by atoms with Crippen LogP contribution in [0.2, 0.25) is 0 Å². The fourth-order valence-corrected chi connectivity index (χ4v) is 4.93. The topological polar surface area (TPSA) is 9.23 Å². The van der Waals surface area contributed by atoms with E-state index < -0.39 is 0 Å². The fourth-order valence-electron chi connectivity index (χ4n) is 4.93. The zero-order valence-electron chi connectivity index (χ0n) is 23.7. The molecule has 0 aromatic heterocycles. The molecule has 0 aliphatic carbocycles. The van der Waals surface area contributed by atoms with Gasteiger partial charge in [0.15, 0.2) is 0 Å². The molecule has 0 heterocycles. The lowest BCUT2D eigenvalue weighted by Crippen LogP contribution is -1.97. The van der Waals surface area contributed by atoms with Crippen LogP contribution in [0.25, 0.3) is 0 Å². The first-order valence-electron chi connectivity index (χ1n) is 16.1. The second-order valence-electron chi connectivity index (χ2n) is 10.9.